The van der Waals surface area contributed by atoms with Gasteiger partial charge in [-0.1, -0.05) is 15.9 Å². The Kier molecular flexibility index (Phi) is 15.0. The smallest absolute Gasteiger partial charge is 0.399 e. The summed E-state index contributed by atoms with van der Waals surface area (Å²) in [5, 5.41) is 14.9. The van der Waals surface area contributed by atoms with Gasteiger partial charge in [0.1, 0.15) is 11.6 Å². The number of carbonyl (C=O) groups excluding carboxylic acids is 2. The van der Waals surface area contributed by atoms with Crippen molar-refractivity contribution >= 4 is 75.2 Å². The van der Waals surface area contributed by atoms with Crippen LogP contribution in [0.3, 0.4) is 0 Å². The minimum atomic E-state index is -0.311. The number of pyridine rings is 6. The molecule has 4 amide bonds. The molecule has 0 aromatic carbocycles. The van der Waals surface area contributed by atoms with Crippen LogP contribution in [-0.4, -0.2) is 118 Å². The second-order valence-corrected chi connectivity index (χ2v) is 23.5. The molecule has 0 aliphatic carbocycles. The first kappa shape index (κ1) is 55.8. The molecule has 5 aliphatic heterocycles. The lowest BCUT2D eigenvalue weighted by molar-refractivity contribution is 0.00578. The molecule has 2 atom stereocenters. The number of amides is 4. The number of aromatic nitrogens is 10. The lowest BCUT2D eigenvalue weighted by Gasteiger charge is -2.35. The molecule has 3 fully saturated rings. The molecule has 82 heavy (non-hydrogen) atoms. The molecule has 13 rings (SSSR count). The average molecular weight is 1170 g/mol. The van der Waals surface area contributed by atoms with Crippen molar-refractivity contribution in [2.75, 3.05) is 56.4 Å². The third-order valence-electron chi connectivity index (χ3n) is 16.5. The summed E-state index contributed by atoms with van der Waals surface area (Å²) in [4.78, 5) is 62.2. The standard InChI is InChI=1S/C27H28N8O.C21H19BrN6O.C12H21BN2O2/c1-16-13-19(7-10-28-16)22-5-6-23-26(30-22)35(21-9-12-34(23)15-21)27(36)31-24-14-20(8-11-29-24)25-17(2)32-33(4)18(25)3;1-13-10-14(4-7-23-13)17-2-3-18-20(25-17)28(16-6-9-27(18)12-16)21(29)26-19-11-15(22)5-8-24-19;1-8-10(9(2)15(7)14-8)13-16-11(3,4)12(5,6)17-13/h5-8,10-11,13-14,21H,9,12,15H2,1-4H3,(H,29,31,36);2-5,7-8,10-11,16H,6,9,12H2,1H3,(H,24,26,29);1-7H3/t21-;16-;/m00./s1. The van der Waals surface area contributed by atoms with Gasteiger partial charge in [0.25, 0.3) is 0 Å². The normalized spacial score (nSPS) is 17.8. The van der Waals surface area contributed by atoms with Gasteiger partial charge in [0.05, 0.1) is 57.4 Å². The lowest BCUT2D eigenvalue weighted by atomic mass is 9.77. The molecule has 0 radical (unpaired) electrons. The lowest BCUT2D eigenvalue weighted by Crippen LogP contribution is -2.48. The SMILES string of the molecule is Cc1cc(-c2ccc3c(n2)N(C(=O)Nc2cc(-c4c(C)nn(C)c4C)ccn2)[C@H]2CCN3C2)ccn1.Cc1cc(-c2ccc3c(n2)N(C(=O)Nc2cc(Br)ccn2)[C@H]2CCN3C2)ccn1.Cc1nn(C)c(C)c1B1OC(C)(C)C(C)(C)O1. The number of rotatable bonds is 6. The molecule has 4 bridgehead atoms. The van der Waals surface area contributed by atoms with E-state index in [-0.39, 0.29) is 42.5 Å². The van der Waals surface area contributed by atoms with Crippen molar-refractivity contribution in [1.29, 1.82) is 0 Å². The van der Waals surface area contributed by atoms with Gasteiger partial charge in [-0.2, -0.15) is 10.2 Å². The van der Waals surface area contributed by atoms with E-state index in [0.29, 0.717) is 23.3 Å². The van der Waals surface area contributed by atoms with Gasteiger partial charge in [0.15, 0.2) is 11.6 Å². The Morgan fingerprint density at radius 2 is 1.05 bits per heavy atom. The Hall–Kier alpha value is -8.08. The predicted octanol–water partition coefficient (Wildman–Crippen LogP) is 10.1. The molecule has 8 aromatic heterocycles. The van der Waals surface area contributed by atoms with Gasteiger partial charge in [-0.05, 0) is 160 Å². The third kappa shape index (κ3) is 10.8. The van der Waals surface area contributed by atoms with Crippen molar-refractivity contribution in [1.82, 2.24) is 49.5 Å². The summed E-state index contributed by atoms with van der Waals surface area (Å²) in [5.41, 5.74) is 14.0. The number of anilines is 6. The second kappa shape index (κ2) is 22.0. The molecular weight excluding hydrogens is 1100 g/mol. The van der Waals surface area contributed by atoms with Crippen LogP contribution in [0, 0.1) is 41.5 Å². The van der Waals surface area contributed by atoms with E-state index in [4.69, 9.17) is 19.3 Å². The Morgan fingerprint density at radius 1 is 0.585 bits per heavy atom. The molecule has 5 aliphatic rings. The Balaban J connectivity index is 0.000000137. The van der Waals surface area contributed by atoms with Crippen LogP contribution >= 0.6 is 15.9 Å². The number of urea groups is 2. The summed E-state index contributed by atoms with van der Waals surface area (Å²) in [6.45, 7) is 23.7. The number of nitrogens with one attached hydrogen (secondary N) is 2. The van der Waals surface area contributed by atoms with E-state index in [9.17, 15) is 9.59 Å². The number of halogens is 1. The highest BCUT2D eigenvalue weighted by Crippen LogP contribution is 2.43. The average Bonchev–Trinajstić information content (AvgIpc) is 4.44. The molecule has 20 nitrogen and oxygen atoms in total. The maximum absolute atomic E-state index is 13.7. The molecular formula is C60H68BBrN16O4. The molecule has 8 aromatic rings. The van der Waals surface area contributed by atoms with Crippen LogP contribution < -0.4 is 35.7 Å². The van der Waals surface area contributed by atoms with E-state index in [1.54, 1.807) is 35.8 Å². The minimum absolute atomic E-state index is 0.0606. The monoisotopic (exact) mass is 1170 g/mol. The second-order valence-electron chi connectivity index (χ2n) is 22.6. The zero-order valence-electron chi connectivity index (χ0n) is 48.5. The first-order chi connectivity index (χ1) is 39.1. The van der Waals surface area contributed by atoms with Crippen molar-refractivity contribution < 1.29 is 18.9 Å². The number of hydrogen-bond acceptors (Lipinski definition) is 14. The minimum Gasteiger partial charge on any atom is -0.399 e. The maximum atomic E-state index is 13.7. The predicted molar refractivity (Wildman–Crippen MR) is 325 cm³/mol. The maximum Gasteiger partial charge on any atom is 0.498 e. The number of hydrogen-bond donors (Lipinski definition) is 2. The number of aryl methyl sites for hydroxylation is 6. The van der Waals surface area contributed by atoms with Crippen molar-refractivity contribution in [3.63, 3.8) is 0 Å². The molecule has 0 spiro atoms. The summed E-state index contributed by atoms with van der Waals surface area (Å²) >= 11 is 3.42. The quantitative estimate of drug-likeness (QED) is 0.149. The number of nitrogens with zero attached hydrogens (tertiary/aromatic N) is 14. The summed E-state index contributed by atoms with van der Waals surface area (Å²) in [6.07, 6.45) is 8.76. The van der Waals surface area contributed by atoms with Crippen LogP contribution in [0.5, 0.6) is 0 Å². The van der Waals surface area contributed by atoms with Crippen LogP contribution in [0.15, 0.2) is 102 Å². The fourth-order valence-electron chi connectivity index (χ4n) is 11.4. The van der Waals surface area contributed by atoms with E-state index in [1.165, 1.54) is 0 Å². The molecule has 0 saturated carbocycles. The first-order valence-corrected chi connectivity index (χ1v) is 28.4. The highest BCUT2D eigenvalue weighted by molar-refractivity contribution is 9.10. The van der Waals surface area contributed by atoms with Gasteiger partial charge in [-0.3, -0.25) is 39.8 Å². The van der Waals surface area contributed by atoms with Crippen LogP contribution in [0.2, 0.25) is 0 Å². The van der Waals surface area contributed by atoms with Crippen molar-refractivity contribution in [3.05, 3.63) is 136 Å². The largest absolute Gasteiger partial charge is 0.498 e. The zero-order valence-corrected chi connectivity index (χ0v) is 50.1. The molecule has 0 unspecified atom stereocenters. The fourth-order valence-corrected chi connectivity index (χ4v) is 11.8. The summed E-state index contributed by atoms with van der Waals surface area (Å²) in [6, 6.07) is 23.3. The zero-order chi connectivity index (χ0) is 57.9. The van der Waals surface area contributed by atoms with Gasteiger partial charge in [0, 0.05) is 114 Å². The Morgan fingerprint density at radius 3 is 1.51 bits per heavy atom. The van der Waals surface area contributed by atoms with Gasteiger partial charge in [-0.15, -0.1) is 0 Å². The summed E-state index contributed by atoms with van der Waals surface area (Å²) in [5.74, 6) is 2.39. The van der Waals surface area contributed by atoms with E-state index in [0.717, 1.165) is 128 Å². The Bertz CT molecular complexity index is 3760. The molecule has 3 saturated heterocycles. The van der Waals surface area contributed by atoms with Crippen LogP contribution in [0.25, 0.3) is 33.6 Å². The number of carbonyl (C=O) groups is 2. The van der Waals surface area contributed by atoms with Gasteiger partial charge >= 0.3 is 19.2 Å². The van der Waals surface area contributed by atoms with Crippen molar-refractivity contribution in [3.8, 4) is 33.6 Å². The van der Waals surface area contributed by atoms with Crippen LogP contribution in [0.4, 0.5) is 44.2 Å². The molecule has 2 N–H and O–H groups in total. The van der Waals surface area contributed by atoms with Crippen molar-refractivity contribution in [2.45, 2.75) is 105 Å². The highest BCUT2D eigenvalue weighted by Gasteiger charge is 2.53. The van der Waals surface area contributed by atoms with Crippen molar-refractivity contribution in [2.24, 2.45) is 14.1 Å². The molecule has 13 heterocycles. The Labute approximate surface area is 487 Å². The number of fused-ring (bicyclic) bond motifs is 8. The molecule has 22 heteroatoms. The summed E-state index contributed by atoms with van der Waals surface area (Å²) in [7, 11) is 3.56. The van der Waals surface area contributed by atoms with E-state index >= 15 is 0 Å². The van der Waals surface area contributed by atoms with E-state index in [2.05, 4.69) is 106 Å². The highest BCUT2D eigenvalue weighted by atomic mass is 79.9. The van der Waals surface area contributed by atoms with E-state index < -0.39 is 0 Å². The van der Waals surface area contributed by atoms with Crippen LogP contribution in [0.1, 0.15) is 74.7 Å². The van der Waals surface area contributed by atoms with Crippen LogP contribution in [-0.2, 0) is 23.4 Å². The molecule has 422 valence electrons. The third-order valence-corrected chi connectivity index (χ3v) is 17.0. The topological polar surface area (TPSA) is 203 Å². The fraction of sp³-hybridized carbons (Fsp3) is 0.367. The van der Waals surface area contributed by atoms with Gasteiger partial charge in [0.2, 0.25) is 0 Å². The first-order valence-electron chi connectivity index (χ1n) is 27.7. The summed E-state index contributed by atoms with van der Waals surface area (Å²) < 4.78 is 16.7. The van der Waals surface area contributed by atoms with Gasteiger partial charge < -0.3 is 19.1 Å². The van der Waals surface area contributed by atoms with E-state index in [1.807, 2.05) is 124 Å². The van der Waals surface area contributed by atoms with Gasteiger partial charge in [-0.25, -0.2) is 29.5 Å².